The Hall–Kier alpha value is -0.450. The van der Waals surface area contributed by atoms with Gasteiger partial charge in [0.2, 0.25) is 0 Å². The molecule has 0 spiro atoms. The molecule has 0 aliphatic rings. The van der Waals surface area contributed by atoms with Gasteiger partial charge in [-0.2, -0.15) is 0 Å². The molecule has 0 heterocycles. The Morgan fingerprint density at radius 3 is 2.87 bits per heavy atom. The summed E-state index contributed by atoms with van der Waals surface area (Å²) in [7, 11) is 1.62. The second-order valence-electron chi connectivity index (χ2n) is 3.32. The van der Waals surface area contributed by atoms with Gasteiger partial charge in [0.15, 0.2) is 0 Å². The molecule has 0 saturated heterocycles. The monoisotopic (exact) mass is 276 g/mol. The smallest absolute Gasteiger partial charge is 0.137 e. The van der Waals surface area contributed by atoms with Gasteiger partial charge in [0.25, 0.3) is 0 Å². The van der Waals surface area contributed by atoms with Gasteiger partial charge in [-0.15, -0.1) is 0 Å². The lowest BCUT2D eigenvalue weighted by Crippen LogP contribution is -2.00. The molecule has 15 heavy (non-hydrogen) atoms. The fourth-order valence-electron chi connectivity index (χ4n) is 1.31. The molecule has 1 atom stereocenters. The molecule has 1 aromatic rings. The highest BCUT2D eigenvalue weighted by Gasteiger charge is 2.09. The van der Waals surface area contributed by atoms with E-state index < -0.39 is 6.10 Å². The first-order valence-electron chi connectivity index (χ1n) is 4.77. The number of aliphatic hydroxyl groups excluding tert-OH is 1. The third-order valence-corrected chi connectivity index (χ3v) is 2.80. The minimum Gasteiger partial charge on any atom is -0.388 e. The van der Waals surface area contributed by atoms with Gasteiger partial charge in [0, 0.05) is 13.7 Å². The number of halogens is 2. The molecule has 0 aliphatic heterocycles. The standard InChI is InChI=1S/C11H14BrFO2/c1-15-6-2-3-11(14)8-4-5-9(12)10(13)7-8/h4-5,7,11,14H,2-3,6H2,1H3. The summed E-state index contributed by atoms with van der Waals surface area (Å²) in [6, 6.07) is 4.66. The van der Waals surface area contributed by atoms with Gasteiger partial charge in [-0.3, -0.25) is 0 Å². The van der Waals surface area contributed by atoms with Crippen LogP contribution in [-0.4, -0.2) is 18.8 Å². The molecule has 0 radical (unpaired) electrons. The Balaban J connectivity index is 2.57. The number of hydrogen-bond acceptors (Lipinski definition) is 2. The van der Waals surface area contributed by atoms with Crippen molar-refractivity contribution in [3.8, 4) is 0 Å². The summed E-state index contributed by atoms with van der Waals surface area (Å²) in [6.45, 7) is 0.607. The van der Waals surface area contributed by atoms with Crippen molar-refractivity contribution in [1.82, 2.24) is 0 Å². The first-order valence-corrected chi connectivity index (χ1v) is 5.56. The fourth-order valence-corrected chi connectivity index (χ4v) is 1.55. The summed E-state index contributed by atoms with van der Waals surface area (Å²) in [5, 5.41) is 9.72. The minimum absolute atomic E-state index is 0.349. The lowest BCUT2D eigenvalue weighted by Gasteiger charge is -2.10. The molecule has 1 N–H and O–H groups in total. The zero-order valence-electron chi connectivity index (χ0n) is 8.54. The first-order chi connectivity index (χ1) is 7.15. The summed E-state index contributed by atoms with van der Waals surface area (Å²) in [6.07, 6.45) is 0.715. The normalized spacial score (nSPS) is 12.8. The number of benzene rings is 1. The van der Waals surface area contributed by atoms with E-state index in [0.717, 1.165) is 6.42 Å². The number of rotatable bonds is 5. The highest BCUT2D eigenvalue weighted by Crippen LogP contribution is 2.23. The SMILES string of the molecule is COCCCC(O)c1ccc(Br)c(F)c1. The summed E-state index contributed by atoms with van der Waals surface area (Å²) in [4.78, 5) is 0. The average molecular weight is 277 g/mol. The topological polar surface area (TPSA) is 29.5 Å². The lowest BCUT2D eigenvalue weighted by molar-refractivity contribution is 0.136. The minimum atomic E-state index is -0.622. The van der Waals surface area contributed by atoms with E-state index in [1.165, 1.54) is 6.07 Å². The van der Waals surface area contributed by atoms with Crippen LogP contribution in [0.1, 0.15) is 24.5 Å². The van der Waals surface area contributed by atoms with Crippen LogP contribution in [0, 0.1) is 5.82 Å². The Morgan fingerprint density at radius 1 is 1.53 bits per heavy atom. The molecular formula is C11H14BrFO2. The highest BCUT2D eigenvalue weighted by molar-refractivity contribution is 9.10. The Labute approximate surface area is 97.2 Å². The van der Waals surface area contributed by atoms with E-state index in [-0.39, 0.29) is 5.82 Å². The predicted molar refractivity (Wildman–Crippen MR) is 60.2 cm³/mol. The van der Waals surface area contributed by atoms with Crippen molar-refractivity contribution in [2.24, 2.45) is 0 Å². The van der Waals surface area contributed by atoms with Crippen LogP contribution in [0.15, 0.2) is 22.7 Å². The molecule has 4 heteroatoms. The second-order valence-corrected chi connectivity index (χ2v) is 4.18. The van der Waals surface area contributed by atoms with Gasteiger partial charge in [-0.05, 0) is 46.5 Å². The molecule has 0 bridgehead atoms. The molecule has 0 aliphatic carbocycles. The number of hydrogen-bond donors (Lipinski definition) is 1. The third-order valence-electron chi connectivity index (χ3n) is 2.15. The Morgan fingerprint density at radius 2 is 2.27 bits per heavy atom. The molecule has 0 fully saturated rings. The number of ether oxygens (including phenoxy) is 1. The molecule has 0 amide bonds. The van der Waals surface area contributed by atoms with E-state index in [9.17, 15) is 9.50 Å². The van der Waals surface area contributed by atoms with E-state index in [0.29, 0.717) is 23.1 Å². The maximum atomic E-state index is 13.1. The Bertz CT molecular complexity index is 317. The van der Waals surface area contributed by atoms with Crippen LogP contribution < -0.4 is 0 Å². The van der Waals surface area contributed by atoms with Gasteiger partial charge in [0.1, 0.15) is 5.82 Å². The van der Waals surface area contributed by atoms with Crippen LogP contribution in [0.2, 0.25) is 0 Å². The lowest BCUT2D eigenvalue weighted by atomic mass is 10.1. The average Bonchev–Trinajstić information content (AvgIpc) is 2.22. The van der Waals surface area contributed by atoms with E-state index in [4.69, 9.17) is 4.74 Å². The number of aliphatic hydroxyl groups is 1. The molecule has 0 saturated carbocycles. The van der Waals surface area contributed by atoms with Crippen LogP contribution in [0.5, 0.6) is 0 Å². The van der Waals surface area contributed by atoms with Crippen LogP contribution in [0.4, 0.5) is 4.39 Å². The van der Waals surface area contributed by atoms with E-state index in [1.54, 1.807) is 19.2 Å². The van der Waals surface area contributed by atoms with Crippen molar-refractivity contribution >= 4 is 15.9 Å². The van der Waals surface area contributed by atoms with Crippen molar-refractivity contribution in [3.63, 3.8) is 0 Å². The molecule has 1 unspecified atom stereocenters. The maximum Gasteiger partial charge on any atom is 0.137 e. The predicted octanol–water partition coefficient (Wildman–Crippen LogP) is 3.05. The van der Waals surface area contributed by atoms with Crippen molar-refractivity contribution in [2.45, 2.75) is 18.9 Å². The Kier molecular flexibility index (Phi) is 5.22. The summed E-state index contributed by atoms with van der Waals surface area (Å²) < 4.78 is 18.4. The third kappa shape index (κ3) is 3.89. The second kappa shape index (κ2) is 6.20. The van der Waals surface area contributed by atoms with Crippen molar-refractivity contribution < 1.29 is 14.2 Å². The summed E-state index contributed by atoms with van der Waals surface area (Å²) >= 11 is 3.07. The van der Waals surface area contributed by atoms with Crippen molar-refractivity contribution in [3.05, 3.63) is 34.1 Å². The van der Waals surface area contributed by atoms with Crippen molar-refractivity contribution in [2.75, 3.05) is 13.7 Å². The van der Waals surface area contributed by atoms with Crippen LogP contribution in [0.3, 0.4) is 0 Å². The van der Waals surface area contributed by atoms with Gasteiger partial charge < -0.3 is 9.84 Å². The van der Waals surface area contributed by atoms with E-state index >= 15 is 0 Å². The molecule has 1 aromatic carbocycles. The van der Waals surface area contributed by atoms with Crippen molar-refractivity contribution in [1.29, 1.82) is 0 Å². The van der Waals surface area contributed by atoms with Crippen LogP contribution in [-0.2, 0) is 4.74 Å². The van der Waals surface area contributed by atoms with Gasteiger partial charge in [-0.25, -0.2) is 4.39 Å². The first kappa shape index (κ1) is 12.6. The van der Waals surface area contributed by atoms with Crippen LogP contribution >= 0.6 is 15.9 Å². The van der Waals surface area contributed by atoms with Gasteiger partial charge >= 0.3 is 0 Å². The van der Waals surface area contributed by atoms with Gasteiger partial charge in [0.05, 0.1) is 10.6 Å². The largest absolute Gasteiger partial charge is 0.388 e. The summed E-state index contributed by atoms with van der Waals surface area (Å²) in [5.41, 5.74) is 0.604. The fraction of sp³-hybridized carbons (Fsp3) is 0.455. The molecule has 0 aromatic heterocycles. The van der Waals surface area contributed by atoms with Gasteiger partial charge in [-0.1, -0.05) is 6.07 Å². The number of methoxy groups -OCH3 is 1. The van der Waals surface area contributed by atoms with Crippen LogP contribution in [0.25, 0.3) is 0 Å². The molecule has 1 rings (SSSR count). The maximum absolute atomic E-state index is 13.1. The molecule has 84 valence electrons. The zero-order chi connectivity index (χ0) is 11.3. The quantitative estimate of drug-likeness (QED) is 0.838. The zero-order valence-corrected chi connectivity index (χ0v) is 10.1. The van der Waals surface area contributed by atoms with E-state index in [1.807, 2.05) is 0 Å². The molecular weight excluding hydrogens is 263 g/mol. The highest BCUT2D eigenvalue weighted by atomic mass is 79.9. The molecule has 2 nitrogen and oxygen atoms in total. The summed E-state index contributed by atoms with van der Waals surface area (Å²) in [5.74, 6) is -0.349. The van der Waals surface area contributed by atoms with E-state index in [2.05, 4.69) is 15.9 Å².